The fraction of sp³-hybridized carbons (Fsp3) is 0.667. The number of hydrogen-bond acceptors (Lipinski definition) is 2. The van der Waals surface area contributed by atoms with Gasteiger partial charge in [0.15, 0.2) is 0 Å². The molecule has 2 heteroatoms. The Morgan fingerprint density at radius 3 is 2.29 bits per heavy atom. The van der Waals surface area contributed by atoms with E-state index in [2.05, 4.69) is 51.4 Å². The lowest BCUT2D eigenvalue weighted by Crippen LogP contribution is -2.35. The van der Waals surface area contributed by atoms with Crippen molar-refractivity contribution < 1.29 is 0 Å². The van der Waals surface area contributed by atoms with Crippen LogP contribution in [0, 0.1) is 6.92 Å². The Kier molecular flexibility index (Phi) is 4.14. The van der Waals surface area contributed by atoms with Crippen LogP contribution in [0.5, 0.6) is 0 Å². The molecule has 0 aromatic carbocycles. The van der Waals surface area contributed by atoms with Crippen molar-refractivity contribution in [1.29, 1.82) is 0 Å². The molecule has 0 aliphatic carbocycles. The molecule has 1 aromatic heterocycles. The average Bonchev–Trinajstić information content (AvgIpc) is 2.48. The van der Waals surface area contributed by atoms with Crippen molar-refractivity contribution in [1.82, 2.24) is 5.32 Å². The van der Waals surface area contributed by atoms with Crippen LogP contribution < -0.4 is 5.32 Å². The van der Waals surface area contributed by atoms with E-state index in [1.807, 2.05) is 11.3 Å². The monoisotopic (exact) mass is 211 g/mol. The molecule has 1 rings (SSSR count). The summed E-state index contributed by atoms with van der Waals surface area (Å²) < 4.78 is 0. The summed E-state index contributed by atoms with van der Waals surface area (Å²) in [6.07, 6.45) is 0. The first-order valence-corrected chi connectivity index (χ1v) is 6.20. The zero-order chi connectivity index (χ0) is 10.7. The second kappa shape index (κ2) is 4.94. The fourth-order valence-electron chi connectivity index (χ4n) is 1.75. The molecule has 0 radical (unpaired) electrons. The van der Waals surface area contributed by atoms with Gasteiger partial charge in [-0.15, -0.1) is 11.3 Å². The maximum Gasteiger partial charge on any atom is 0.0118 e. The van der Waals surface area contributed by atoms with Gasteiger partial charge in [-0.1, -0.05) is 20.8 Å². The van der Waals surface area contributed by atoms with E-state index in [0.29, 0.717) is 18.0 Å². The van der Waals surface area contributed by atoms with Gasteiger partial charge in [-0.2, -0.15) is 0 Å². The molecule has 0 bridgehead atoms. The fourth-order valence-corrected chi connectivity index (χ4v) is 2.84. The van der Waals surface area contributed by atoms with Gasteiger partial charge in [0.1, 0.15) is 0 Å². The van der Waals surface area contributed by atoms with E-state index >= 15 is 0 Å². The van der Waals surface area contributed by atoms with E-state index in [-0.39, 0.29) is 0 Å². The molecule has 1 nitrogen and oxygen atoms in total. The molecule has 0 fully saturated rings. The topological polar surface area (TPSA) is 12.0 Å². The Bertz CT molecular complexity index is 278. The molecule has 80 valence electrons. The SMILES string of the molecule is Cc1ccsc1C(C)C(C)NC(C)C. The third-order valence-electron chi connectivity index (χ3n) is 2.66. The van der Waals surface area contributed by atoms with E-state index in [0.717, 1.165) is 0 Å². The lowest BCUT2D eigenvalue weighted by atomic mass is 9.99. The summed E-state index contributed by atoms with van der Waals surface area (Å²) in [5.74, 6) is 0.609. The summed E-state index contributed by atoms with van der Waals surface area (Å²) in [6.45, 7) is 11.2. The van der Waals surface area contributed by atoms with Gasteiger partial charge in [-0.3, -0.25) is 0 Å². The summed E-state index contributed by atoms with van der Waals surface area (Å²) in [6, 6.07) is 3.32. The second-order valence-electron chi connectivity index (χ2n) is 4.37. The van der Waals surface area contributed by atoms with Gasteiger partial charge >= 0.3 is 0 Å². The molecule has 0 saturated carbocycles. The Morgan fingerprint density at radius 1 is 1.21 bits per heavy atom. The zero-order valence-corrected chi connectivity index (χ0v) is 10.6. The molecule has 0 saturated heterocycles. The lowest BCUT2D eigenvalue weighted by molar-refractivity contribution is 0.442. The van der Waals surface area contributed by atoms with Crippen molar-refractivity contribution in [3.05, 3.63) is 21.9 Å². The smallest absolute Gasteiger partial charge is 0.0118 e. The Morgan fingerprint density at radius 2 is 1.86 bits per heavy atom. The zero-order valence-electron chi connectivity index (χ0n) is 9.79. The summed E-state index contributed by atoms with van der Waals surface area (Å²) in [7, 11) is 0. The predicted molar refractivity (Wildman–Crippen MR) is 65.2 cm³/mol. The predicted octanol–water partition coefficient (Wildman–Crippen LogP) is 3.55. The van der Waals surface area contributed by atoms with Gasteiger partial charge in [0.05, 0.1) is 0 Å². The van der Waals surface area contributed by atoms with Gasteiger partial charge in [0.25, 0.3) is 0 Å². The maximum absolute atomic E-state index is 3.56. The molecule has 1 heterocycles. The van der Waals surface area contributed by atoms with E-state index in [4.69, 9.17) is 0 Å². The minimum Gasteiger partial charge on any atom is -0.311 e. The second-order valence-corrected chi connectivity index (χ2v) is 5.31. The van der Waals surface area contributed by atoms with E-state index in [1.54, 1.807) is 0 Å². The number of rotatable bonds is 4. The van der Waals surface area contributed by atoms with Gasteiger partial charge in [-0.05, 0) is 30.9 Å². The van der Waals surface area contributed by atoms with Crippen molar-refractivity contribution in [2.24, 2.45) is 0 Å². The van der Waals surface area contributed by atoms with Crippen LogP contribution in [0.3, 0.4) is 0 Å². The van der Waals surface area contributed by atoms with Crippen LogP contribution in [-0.4, -0.2) is 12.1 Å². The first kappa shape index (κ1) is 11.7. The van der Waals surface area contributed by atoms with E-state index in [1.165, 1.54) is 10.4 Å². The standard InChI is InChI=1S/C12H21NS/c1-8(2)13-11(5)10(4)12-9(3)6-7-14-12/h6-8,10-11,13H,1-5H3. The van der Waals surface area contributed by atoms with Gasteiger partial charge in [-0.25, -0.2) is 0 Å². The highest BCUT2D eigenvalue weighted by Crippen LogP contribution is 2.27. The molecule has 2 unspecified atom stereocenters. The quantitative estimate of drug-likeness (QED) is 0.803. The van der Waals surface area contributed by atoms with Crippen molar-refractivity contribution in [2.45, 2.75) is 52.6 Å². The largest absolute Gasteiger partial charge is 0.311 e. The number of hydrogen-bond donors (Lipinski definition) is 1. The van der Waals surface area contributed by atoms with Gasteiger partial charge in [0.2, 0.25) is 0 Å². The molecule has 0 aliphatic rings. The minimum atomic E-state index is 0.548. The summed E-state index contributed by atoms with van der Waals surface area (Å²) in [5, 5.41) is 5.75. The molecular weight excluding hydrogens is 190 g/mol. The van der Waals surface area contributed by atoms with Crippen molar-refractivity contribution >= 4 is 11.3 Å². The van der Waals surface area contributed by atoms with Crippen LogP contribution in [0.25, 0.3) is 0 Å². The van der Waals surface area contributed by atoms with Crippen LogP contribution in [0.1, 0.15) is 44.1 Å². The first-order chi connectivity index (χ1) is 6.52. The number of thiophene rings is 1. The van der Waals surface area contributed by atoms with Crippen LogP contribution in [0.2, 0.25) is 0 Å². The normalized spacial score (nSPS) is 15.9. The highest BCUT2D eigenvalue weighted by Gasteiger charge is 2.17. The summed E-state index contributed by atoms with van der Waals surface area (Å²) in [5.41, 5.74) is 1.43. The third-order valence-corrected chi connectivity index (χ3v) is 3.88. The molecule has 0 spiro atoms. The van der Waals surface area contributed by atoms with Crippen LogP contribution >= 0.6 is 11.3 Å². The molecule has 1 aromatic rings. The van der Waals surface area contributed by atoms with Gasteiger partial charge in [0, 0.05) is 22.9 Å². The van der Waals surface area contributed by atoms with E-state index < -0.39 is 0 Å². The van der Waals surface area contributed by atoms with Crippen LogP contribution in [0.15, 0.2) is 11.4 Å². The third kappa shape index (κ3) is 2.82. The van der Waals surface area contributed by atoms with Gasteiger partial charge < -0.3 is 5.32 Å². The Balaban J connectivity index is 2.65. The van der Waals surface area contributed by atoms with Crippen LogP contribution in [-0.2, 0) is 0 Å². The summed E-state index contributed by atoms with van der Waals surface area (Å²) >= 11 is 1.87. The van der Waals surface area contributed by atoms with Crippen molar-refractivity contribution in [2.75, 3.05) is 0 Å². The van der Waals surface area contributed by atoms with Crippen molar-refractivity contribution in [3.8, 4) is 0 Å². The summed E-state index contributed by atoms with van der Waals surface area (Å²) in [4.78, 5) is 1.52. The molecule has 1 N–H and O–H groups in total. The lowest BCUT2D eigenvalue weighted by Gasteiger charge is -2.23. The highest BCUT2D eigenvalue weighted by molar-refractivity contribution is 7.10. The first-order valence-electron chi connectivity index (χ1n) is 5.32. The Labute approximate surface area is 91.5 Å². The minimum absolute atomic E-state index is 0.548. The Hall–Kier alpha value is -0.340. The van der Waals surface area contributed by atoms with E-state index in [9.17, 15) is 0 Å². The number of aryl methyl sites for hydroxylation is 1. The molecule has 0 aliphatic heterocycles. The average molecular weight is 211 g/mol. The van der Waals surface area contributed by atoms with Crippen molar-refractivity contribution in [3.63, 3.8) is 0 Å². The molecule has 2 atom stereocenters. The molecule has 0 amide bonds. The molecule has 14 heavy (non-hydrogen) atoms. The number of nitrogens with one attached hydrogen (secondary N) is 1. The maximum atomic E-state index is 3.56. The highest BCUT2D eigenvalue weighted by atomic mass is 32.1. The van der Waals surface area contributed by atoms with Crippen LogP contribution in [0.4, 0.5) is 0 Å². The molecular formula is C12H21NS.